The lowest BCUT2D eigenvalue weighted by atomic mass is 9.99. The molecule has 0 radical (unpaired) electrons. The number of ketones is 1. The number of methoxy groups -OCH3 is 1. The highest BCUT2D eigenvalue weighted by Gasteiger charge is 2.21. The van der Waals surface area contributed by atoms with Crippen LogP contribution < -0.4 is 10.9 Å². The summed E-state index contributed by atoms with van der Waals surface area (Å²) in [6.07, 6.45) is 10.5. The van der Waals surface area contributed by atoms with Gasteiger partial charge in [0.1, 0.15) is 17.1 Å². The number of rotatable bonds is 11. The summed E-state index contributed by atoms with van der Waals surface area (Å²) in [5.74, 6) is -0.816. The number of hydrogen-bond donors (Lipinski definition) is 2. The zero-order valence-corrected chi connectivity index (χ0v) is 19.0. The minimum absolute atomic E-state index is 0.175. The van der Waals surface area contributed by atoms with E-state index in [9.17, 15) is 19.5 Å². The van der Waals surface area contributed by atoms with E-state index >= 15 is 0 Å². The van der Waals surface area contributed by atoms with E-state index in [0.29, 0.717) is 24.2 Å². The molecule has 0 saturated heterocycles. The van der Waals surface area contributed by atoms with Crippen molar-refractivity contribution in [2.45, 2.75) is 65.7 Å². The van der Waals surface area contributed by atoms with Gasteiger partial charge in [-0.1, -0.05) is 44.1 Å². The van der Waals surface area contributed by atoms with Crippen LogP contribution in [0.25, 0.3) is 0 Å². The number of alkyl carbamates (subject to hydrolysis) is 1. The fourth-order valence-corrected chi connectivity index (χ4v) is 2.79. The zero-order valence-electron chi connectivity index (χ0n) is 19.0. The maximum atomic E-state index is 12.6. The average Bonchev–Trinajstić information content (AvgIpc) is 2.74. The van der Waals surface area contributed by atoms with Crippen LogP contribution in [0.5, 0.6) is 5.75 Å². The molecule has 0 aliphatic rings. The fraction of sp³-hybridized carbons (Fsp3) is 0.458. The topological polar surface area (TPSA) is 106 Å². The van der Waals surface area contributed by atoms with E-state index in [-0.39, 0.29) is 17.2 Å². The number of aromatic hydroxyl groups is 1. The van der Waals surface area contributed by atoms with Gasteiger partial charge in [-0.15, -0.1) is 0 Å². The summed E-state index contributed by atoms with van der Waals surface area (Å²) < 4.78 is 9.77. The van der Waals surface area contributed by atoms with Crippen LogP contribution in [0.4, 0.5) is 4.79 Å². The number of allylic oxidation sites excluding steroid dienone is 5. The quantitative estimate of drug-likeness (QED) is 0.277. The number of unbranched alkanes of at least 4 members (excludes halogenated alkanes) is 1. The highest BCUT2D eigenvalue weighted by Crippen LogP contribution is 2.26. The van der Waals surface area contributed by atoms with Crippen molar-refractivity contribution in [2.24, 2.45) is 0 Å². The van der Waals surface area contributed by atoms with Gasteiger partial charge >= 0.3 is 11.7 Å². The van der Waals surface area contributed by atoms with Crippen molar-refractivity contribution in [1.82, 2.24) is 5.32 Å². The molecule has 1 aromatic rings. The molecule has 0 aromatic carbocycles. The van der Waals surface area contributed by atoms with Crippen LogP contribution in [0.15, 0.2) is 50.9 Å². The molecule has 31 heavy (non-hydrogen) atoms. The molecule has 0 spiro atoms. The Bertz CT molecular complexity index is 907. The lowest BCUT2D eigenvalue weighted by molar-refractivity contribution is 0.102. The van der Waals surface area contributed by atoms with E-state index in [1.54, 1.807) is 19.1 Å². The molecular weight excluding hydrogens is 398 g/mol. The molecule has 0 bridgehead atoms. The summed E-state index contributed by atoms with van der Waals surface area (Å²) in [4.78, 5) is 36.0. The Balaban J connectivity index is 2.88. The first-order chi connectivity index (χ1) is 14.7. The Hall–Kier alpha value is -3.09. The molecule has 1 heterocycles. The predicted octanol–water partition coefficient (Wildman–Crippen LogP) is 5.36. The van der Waals surface area contributed by atoms with Crippen LogP contribution >= 0.6 is 0 Å². The van der Waals surface area contributed by atoms with Crippen molar-refractivity contribution < 1.29 is 23.8 Å². The average molecular weight is 432 g/mol. The number of hydrogen-bond acceptors (Lipinski definition) is 6. The Kier molecular flexibility index (Phi) is 11.1. The van der Waals surface area contributed by atoms with Crippen LogP contribution in [0.3, 0.4) is 0 Å². The van der Waals surface area contributed by atoms with Crippen molar-refractivity contribution >= 4 is 11.9 Å². The van der Waals surface area contributed by atoms with Gasteiger partial charge in [0.15, 0.2) is 5.78 Å². The molecule has 0 aliphatic carbocycles. The number of carbonyl (C=O) groups excluding carboxylic acids is 2. The third kappa shape index (κ3) is 8.66. The maximum Gasteiger partial charge on any atom is 0.410 e. The van der Waals surface area contributed by atoms with E-state index in [1.165, 1.54) is 19.4 Å². The van der Waals surface area contributed by atoms with Crippen LogP contribution in [0.1, 0.15) is 81.8 Å². The first kappa shape index (κ1) is 25.9. The van der Waals surface area contributed by atoms with Gasteiger partial charge in [-0.25, -0.2) is 9.59 Å². The van der Waals surface area contributed by atoms with Crippen molar-refractivity contribution in [3.05, 3.63) is 63.4 Å². The second-order valence-electron chi connectivity index (χ2n) is 7.51. The Morgan fingerprint density at radius 3 is 2.61 bits per heavy atom. The number of amides is 1. The van der Waals surface area contributed by atoms with Crippen molar-refractivity contribution in [1.29, 1.82) is 0 Å². The van der Waals surface area contributed by atoms with Gasteiger partial charge in [0.05, 0.1) is 7.11 Å². The van der Waals surface area contributed by atoms with E-state index in [1.807, 2.05) is 19.9 Å². The number of ether oxygens (including phenoxy) is 1. The third-order valence-electron chi connectivity index (χ3n) is 4.83. The molecule has 0 unspecified atom stereocenters. The van der Waals surface area contributed by atoms with Gasteiger partial charge < -0.3 is 14.3 Å². The molecule has 1 amide bonds. The van der Waals surface area contributed by atoms with E-state index in [0.717, 1.165) is 24.8 Å². The summed E-state index contributed by atoms with van der Waals surface area (Å²) in [7, 11) is 1.27. The Morgan fingerprint density at radius 1 is 1.29 bits per heavy atom. The molecule has 2 N–H and O–H groups in total. The van der Waals surface area contributed by atoms with Crippen LogP contribution in [-0.4, -0.2) is 24.1 Å². The summed E-state index contributed by atoms with van der Waals surface area (Å²) >= 11 is 0. The standard InChI is InChI=1S/C24H33NO6/c1-6-7-10-16(2)12-13-18(4)22(27)21-19(26)15-20(31-23(21)28)17(3)11-8-9-14-25-24(29)30-5/h9,12-15,17,26H,6-8,10-11H2,1-5H3,(H,25,29)/b14-9+,16-12+,18-13+/t17-/m0/s1. The minimum atomic E-state index is -0.853. The predicted molar refractivity (Wildman–Crippen MR) is 120 cm³/mol. The first-order valence-corrected chi connectivity index (χ1v) is 10.5. The molecule has 7 nitrogen and oxygen atoms in total. The van der Waals surface area contributed by atoms with Crippen LogP contribution in [0.2, 0.25) is 0 Å². The van der Waals surface area contributed by atoms with Gasteiger partial charge in [0.25, 0.3) is 0 Å². The smallest absolute Gasteiger partial charge is 0.410 e. The first-order valence-electron chi connectivity index (χ1n) is 10.5. The monoisotopic (exact) mass is 431 g/mol. The number of nitrogens with one attached hydrogen (secondary N) is 1. The lowest BCUT2D eigenvalue weighted by Crippen LogP contribution is -2.16. The normalized spacial score (nSPS) is 13.3. The highest BCUT2D eigenvalue weighted by atomic mass is 16.5. The molecule has 1 aromatic heterocycles. The zero-order chi connectivity index (χ0) is 23.4. The Morgan fingerprint density at radius 2 is 2.00 bits per heavy atom. The fourth-order valence-electron chi connectivity index (χ4n) is 2.79. The Labute approximate surface area is 183 Å². The largest absolute Gasteiger partial charge is 0.507 e. The van der Waals surface area contributed by atoms with Crippen molar-refractivity contribution in [2.75, 3.05) is 7.11 Å². The van der Waals surface area contributed by atoms with Gasteiger partial charge in [-0.2, -0.15) is 0 Å². The number of Topliss-reactive ketones (excluding diaryl/α,β-unsaturated/α-hetero) is 1. The molecule has 0 saturated carbocycles. The molecule has 1 atom stereocenters. The van der Waals surface area contributed by atoms with Gasteiger partial charge in [-0.3, -0.25) is 10.1 Å². The van der Waals surface area contributed by atoms with Gasteiger partial charge in [-0.05, 0) is 45.1 Å². The molecule has 1 rings (SSSR count). The summed E-state index contributed by atoms with van der Waals surface area (Å²) in [6.45, 7) is 7.56. The highest BCUT2D eigenvalue weighted by molar-refractivity contribution is 6.09. The van der Waals surface area contributed by atoms with Gasteiger partial charge in [0, 0.05) is 18.2 Å². The van der Waals surface area contributed by atoms with E-state index in [4.69, 9.17) is 4.42 Å². The summed E-state index contributed by atoms with van der Waals surface area (Å²) in [6, 6.07) is 1.32. The van der Waals surface area contributed by atoms with Gasteiger partial charge in [0.2, 0.25) is 0 Å². The molecular formula is C24H33NO6. The summed E-state index contributed by atoms with van der Waals surface area (Å²) in [5, 5.41) is 12.8. The maximum absolute atomic E-state index is 12.6. The second kappa shape index (κ2) is 13.3. The van der Waals surface area contributed by atoms with Crippen molar-refractivity contribution in [3.63, 3.8) is 0 Å². The van der Waals surface area contributed by atoms with Crippen LogP contribution in [-0.2, 0) is 4.74 Å². The second-order valence-corrected chi connectivity index (χ2v) is 7.51. The van der Waals surface area contributed by atoms with E-state index in [2.05, 4.69) is 17.0 Å². The molecule has 7 heteroatoms. The summed E-state index contributed by atoms with van der Waals surface area (Å²) in [5.41, 5.74) is 0.286. The SMILES string of the molecule is CCCC/C(C)=C/C=C(\C)C(=O)c1c(O)cc([C@@H](C)CC/C=C/NC(=O)OC)oc1=O. The lowest BCUT2D eigenvalue weighted by Gasteiger charge is -2.11. The molecule has 0 fully saturated rings. The van der Waals surface area contributed by atoms with E-state index < -0.39 is 17.5 Å². The van der Waals surface area contributed by atoms with Crippen molar-refractivity contribution in [3.8, 4) is 5.75 Å². The molecule has 0 aliphatic heterocycles. The minimum Gasteiger partial charge on any atom is -0.507 e. The van der Waals surface area contributed by atoms with Crippen LogP contribution in [0, 0.1) is 0 Å². The third-order valence-corrected chi connectivity index (χ3v) is 4.83. The number of carbonyl (C=O) groups is 2. The molecule has 170 valence electrons.